The van der Waals surface area contributed by atoms with Crippen molar-refractivity contribution in [1.29, 1.82) is 0 Å². The molecule has 4 nitrogen and oxygen atoms in total. The number of rotatable bonds is 4. The molecule has 3 aromatic rings. The molecule has 0 saturated carbocycles. The Labute approximate surface area is 156 Å². The van der Waals surface area contributed by atoms with Crippen molar-refractivity contribution in [3.63, 3.8) is 0 Å². The van der Waals surface area contributed by atoms with Crippen molar-refractivity contribution in [1.82, 2.24) is 4.57 Å². The zero-order valence-corrected chi connectivity index (χ0v) is 16.4. The Hall–Kier alpha value is -2.05. The molecule has 0 spiro atoms. The third-order valence-electron chi connectivity index (χ3n) is 4.42. The van der Waals surface area contributed by atoms with Crippen molar-refractivity contribution < 1.29 is 8.42 Å². The standard InChI is InChI=1S/C19H19BrN2O2S/c1-13-14(2)22(12-15-8-6-7-11-17(15)20)19(21)18(13)25(23,24)16-9-4-3-5-10-16/h3-11H,12,21H2,1-2H3. The molecule has 1 aromatic heterocycles. The molecule has 3 rings (SSSR count). The van der Waals surface area contributed by atoms with E-state index in [4.69, 9.17) is 5.73 Å². The molecule has 0 bridgehead atoms. The SMILES string of the molecule is Cc1c(S(=O)(=O)c2ccccc2)c(N)n(Cc2ccccc2Br)c1C. The number of benzene rings is 2. The van der Waals surface area contributed by atoms with Crippen LogP contribution in [0.15, 0.2) is 68.9 Å². The number of nitrogens with two attached hydrogens (primary N) is 1. The molecular formula is C19H19BrN2O2S. The monoisotopic (exact) mass is 418 g/mol. The van der Waals surface area contributed by atoms with E-state index >= 15 is 0 Å². The van der Waals surface area contributed by atoms with Crippen LogP contribution in [0.1, 0.15) is 16.8 Å². The zero-order valence-electron chi connectivity index (χ0n) is 14.0. The Bertz CT molecular complexity index is 1030. The van der Waals surface area contributed by atoms with Crippen molar-refractivity contribution in [3.8, 4) is 0 Å². The first-order valence-electron chi connectivity index (χ1n) is 7.82. The topological polar surface area (TPSA) is 65.1 Å². The van der Waals surface area contributed by atoms with Gasteiger partial charge in [0.15, 0.2) is 0 Å². The van der Waals surface area contributed by atoms with E-state index in [9.17, 15) is 8.42 Å². The van der Waals surface area contributed by atoms with Gasteiger partial charge in [0, 0.05) is 10.2 Å². The van der Waals surface area contributed by atoms with Gasteiger partial charge in [-0.2, -0.15) is 0 Å². The molecule has 2 N–H and O–H groups in total. The van der Waals surface area contributed by atoms with Gasteiger partial charge in [-0.25, -0.2) is 8.42 Å². The van der Waals surface area contributed by atoms with E-state index in [0.29, 0.717) is 12.1 Å². The van der Waals surface area contributed by atoms with Crippen molar-refractivity contribution in [2.24, 2.45) is 0 Å². The number of hydrogen-bond donors (Lipinski definition) is 1. The first-order valence-corrected chi connectivity index (χ1v) is 10.1. The molecule has 0 radical (unpaired) electrons. The van der Waals surface area contributed by atoms with Crippen molar-refractivity contribution in [3.05, 3.63) is 75.9 Å². The Morgan fingerprint density at radius 3 is 2.24 bits per heavy atom. The van der Waals surface area contributed by atoms with Crippen LogP contribution in [0.5, 0.6) is 0 Å². The highest BCUT2D eigenvalue weighted by Crippen LogP contribution is 2.34. The maximum Gasteiger partial charge on any atom is 0.210 e. The molecule has 2 aromatic carbocycles. The van der Waals surface area contributed by atoms with Gasteiger partial charge in [-0.15, -0.1) is 0 Å². The highest BCUT2D eigenvalue weighted by molar-refractivity contribution is 9.10. The lowest BCUT2D eigenvalue weighted by atomic mass is 10.2. The fourth-order valence-electron chi connectivity index (χ4n) is 2.92. The molecule has 25 heavy (non-hydrogen) atoms. The highest BCUT2D eigenvalue weighted by Gasteiger charge is 2.28. The lowest BCUT2D eigenvalue weighted by Crippen LogP contribution is -2.09. The number of nitrogens with zero attached hydrogens (tertiary/aromatic N) is 1. The normalized spacial score (nSPS) is 11.6. The van der Waals surface area contributed by atoms with E-state index in [0.717, 1.165) is 15.7 Å². The van der Waals surface area contributed by atoms with Crippen molar-refractivity contribution in [2.45, 2.75) is 30.2 Å². The van der Waals surface area contributed by atoms with E-state index in [1.807, 2.05) is 35.8 Å². The van der Waals surface area contributed by atoms with Crippen LogP contribution in [0, 0.1) is 13.8 Å². The summed E-state index contributed by atoms with van der Waals surface area (Å²) in [5.74, 6) is 0.273. The summed E-state index contributed by atoms with van der Waals surface area (Å²) in [5.41, 5.74) is 8.87. The molecule has 0 amide bonds. The van der Waals surface area contributed by atoms with Crippen LogP contribution in [0.25, 0.3) is 0 Å². The zero-order chi connectivity index (χ0) is 18.2. The third-order valence-corrected chi connectivity index (χ3v) is 7.14. The van der Waals surface area contributed by atoms with Gasteiger partial charge in [-0.05, 0) is 43.2 Å². The van der Waals surface area contributed by atoms with Crippen molar-refractivity contribution >= 4 is 31.6 Å². The van der Waals surface area contributed by atoms with E-state index < -0.39 is 9.84 Å². The average molecular weight is 419 g/mol. The lowest BCUT2D eigenvalue weighted by molar-refractivity contribution is 0.596. The summed E-state index contributed by atoms with van der Waals surface area (Å²) >= 11 is 3.53. The molecule has 0 unspecified atom stereocenters. The van der Waals surface area contributed by atoms with Gasteiger partial charge < -0.3 is 10.3 Å². The maximum absolute atomic E-state index is 13.1. The summed E-state index contributed by atoms with van der Waals surface area (Å²) in [5, 5.41) is 0. The highest BCUT2D eigenvalue weighted by atomic mass is 79.9. The first kappa shape index (κ1) is 17.8. The quantitative estimate of drug-likeness (QED) is 0.685. The second-order valence-corrected chi connectivity index (χ2v) is 8.66. The fourth-order valence-corrected chi connectivity index (χ4v) is 5.02. The predicted octanol–water partition coefficient (Wildman–Crippen LogP) is 4.33. The minimum Gasteiger partial charge on any atom is -0.384 e. The molecule has 0 aliphatic rings. The summed E-state index contributed by atoms with van der Waals surface area (Å²) < 4.78 is 28.9. The molecule has 1 heterocycles. The average Bonchev–Trinajstić information content (AvgIpc) is 2.81. The van der Waals surface area contributed by atoms with Gasteiger partial charge in [0.1, 0.15) is 10.7 Å². The second kappa shape index (κ2) is 6.69. The van der Waals surface area contributed by atoms with Crippen molar-refractivity contribution in [2.75, 3.05) is 5.73 Å². The predicted molar refractivity (Wildman–Crippen MR) is 103 cm³/mol. The van der Waals surface area contributed by atoms with Crippen LogP contribution in [-0.2, 0) is 16.4 Å². The Kier molecular flexibility index (Phi) is 4.75. The van der Waals surface area contributed by atoms with Gasteiger partial charge >= 0.3 is 0 Å². The second-order valence-electron chi connectivity index (χ2n) is 5.92. The van der Waals surface area contributed by atoms with Gasteiger partial charge in [0.25, 0.3) is 0 Å². The minimum absolute atomic E-state index is 0.197. The van der Waals surface area contributed by atoms with Crippen LogP contribution in [0.3, 0.4) is 0 Å². The third kappa shape index (κ3) is 3.12. The van der Waals surface area contributed by atoms with E-state index in [2.05, 4.69) is 15.9 Å². The smallest absolute Gasteiger partial charge is 0.210 e. The lowest BCUT2D eigenvalue weighted by Gasteiger charge is -2.11. The van der Waals surface area contributed by atoms with Crippen LogP contribution >= 0.6 is 15.9 Å². The minimum atomic E-state index is -3.66. The van der Waals surface area contributed by atoms with Crippen LogP contribution in [-0.4, -0.2) is 13.0 Å². The number of sulfone groups is 1. The molecule has 0 fully saturated rings. The van der Waals surface area contributed by atoms with Gasteiger partial charge in [0.2, 0.25) is 9.84 Å². The number of nitrogen functional groups attached to an aromatic ring is 1. The van der Waals surface area contributed by atoms with Gasteiger partial charge in [-0.3, -0.25) is 0 Å². The fraction of sp³-hybridized carbons (Fsp3) is 0.158. The van der Waals surface area contributed by atoms with E-state index in [1.165, 1.54) is 0 Å². The molecule has 0 aliphatic heterocycles. The number of hydrogen-bond acceptors (Lipinski definition) is 3. The van der Waals surface area contributed by atoms with Crippen LogP contribution < -0.4 is 5.73 Å². The number of halogens is 1. The Balaban J connectivity index is 2.14. The number of aromatic nitrogens is 1. The number of anilines is 1. The molecule has 6 heteroatoms. The summed E-state index contributed by atoms with van der Waals surface area (Å²) in [6.07, 6.45) is 0. The van der Waals surface area contributed by atoms with Crippen LogP contribution in [0.2, 0.25) is 0 Å². The molecule has 0 aliphatic carbocycles. The maximum atomic E-state index is 13.1. The Morgan fingerprint density at radius 2 is 1.60 bits per heavy atom. The summed E-state index contributed by atoms with van der Waals surface area (Å²) in [6, 6.07) is 16.2. The summed E-state index contributed by atoms with van der Waals surface area (Å²) in [4.78, 5) is 0.450. The first-order chi connectivity index (χ1) is 11.8. The Morgan fingerprint density at radius 1 is 1.00 bits per heavy atom. The molecule has 0 saturated heterocycles. The van der Waals surface area contributed by atoms with Crippen LogP contribution in [0.4, 0.5) is 5.82 Å². The van der Waals surface area contributed by atoms with Gasteiger partial charge in [0.05, 0.1) is 11.4 Å². The van der Waals surface area contributed by atoms with Gasteiger partial charge in [-0.1, -0.05) is 52.3 Å². The van der Waals surface area contributed by atoms with E-state index in [1.54, 1.807) is 37.3 Å². The summed E-state index contributed by atoms with van der Waals surface area (Å²) in [6.45, 7) is 4.20. The largest absolute Gasteiger partial charge is 0.384 e. The van der Waals surface area contributed by atoms with E-state index in [-0.39, 0.29) is 15.6 Å². The molecule has 0 atom stereocenters. The molecular weight excluding hydrogens is 400 g/mol. The molecule has 130 valence electrons. The summed E-state index contributed by atoms with van der Waals surface area (Å²) in [7, 11) is -3.66.